The fourth-order valence-electron chi connectivity index (χ4n) is 4.84. The van der Waals surface area contributed by atoms with Crippen molar-refractivity contribution >= 4 is 17.6 Å². The van der Waals surface area contributed by atoms with Crippen LogP contribution >= 0.6 is 0 Å². The molecule has 0 saturated carbocycles. The van der Waals surface area contributed by atoms with Gasteiger partial charge in [0.2, 0.25) is 0 Å². The maximum absolute atomic E-state index is 13.5. The molecule has 2 aliphatic rings. The number of carbonyl (C=O) groups excluding carboxylic acids is 2. The van der Waals surface area contributed by atoms with Crippen molar-refractivity contribution in [2.75, 3.05) is 33.4 Å². The first-order valence-corrected chi connectivity index (χ1v) is 12.0. The minimum atomic E-state index is -0.178. The van der Waals surface area contributed by atoms with E-state index in [2.05, 4.69) is 24.0 Å². The van der Waals surface area contributed by atoms with E-state index in [4.69, 9.17) is 14.6 Å². The lowest BCUT2D eigenvalue weighted by Crippen LogP contribution is -2.44. The minimum absolute atomic E-state index is 0.0596. The molecule has 7 heteroatoms. The van der Waals surface area contributed by atoms with Gasteiger partial charge >= 0.3 is 5.97 Å². The van der Waals surface area contributed by atoms with Crippen molar-refractivity contribution in [1.82, 2.24) is 9.91 Å². The van der Waals surface area contributed by atoms with Gasteiger partial charge in [-0.2, -0.15) is 5.10 Å². The summed E-state index contributed by atoms with van der Waals surface area (Å²) < 4.78 is 10.6. The highest BCUT2D eigenvalue weighted by Gasteiger charge is 2.36. The number of hydrazone groups is 1. The van der Waals surface area contributed by atoms with Crippen LogP contribution in [0.3, 0.4) is 0 Å². The number of hydrogen-bond donors (Lipinski definition) is 0. The summed E-state index contributed by atoms with van der Waals surface area (Å²) in [6.07, 6.45) is 2.31. The molecule has 0 spiro atoms. The predicted octanol–water partition coefficient (Wildman–Crippen LogP) is 3.96. The zero-order valence-corrected chi connectivity index (χ0v) is 20.2. The largest absolute Gasteiger partial charge is 0.497 e. The molecule has 0 unspecified atom stereocenters. The Bertz CT molecular complexity index is 1070. The van der Waals surface area contributed by atoms with Gasteiger partial charge < -0.3 is 9.47 Å². The molecular formula is C27H33N3O4. The van der Waals surface area contributed by atoms with Crippen molar-refractivity contribution in [1.29, 1.82) is 0 Å². The Morgan fingerprint density at radius 1 is 1.15 bits per heavy atom. The zero-order valence-electron chi connectivity index (χ0n) is 20.2. The monoisotopic (exact) mass is 463 g/mol. The van der Waals surface area contributed by atoms with E-state index in [9.17, 15) is 9.59 Å². The Labute approximate surface area is 201 Å². The van der Waals surface area contributed by atoms with Crippen LogP contribution in [0.5, 0.6) is 5.75 Å². The van der Waals surface area contributed by atoms with Crippen LogP contribution in [0.4, 0.5) is 0 Å². The van der Waals surface area contributed by atoms with Crippen molar-refractivity contribution in [2.24, 2.45) is 11.0 Å². The van der Waals surface area contributed by atoms with Gasteiger partial charge in [0.25, 0.3) is 5.91 Å². The molecular weight excluding hydrogens is 430 g/mol. The molecule has 4 rings (SSSR count). The summed E-state index contributed by atoms with van der Waals surface area (Å²) in [6.45, 7) is 5.82. The van der Waals surface area contributed by atoms with Crippen molar-refractivity contribution in [2.45, 2.75) is 39.2 Å². The molecule has 2 aromatic carbocycles. The van der Waals surface area contributed by atoms with Gasteiger partial charge in [-0.3, -0.25) is 14.5 Å². The van der Waals surface area contributed by atoms with Crippen molar-refractivity contribution in [3.63, 3.8) is 0 Å². The predicted molar refractivity (Wildman–Crippen MR) is 131 cm³/mol. The Morgan fingerprint density at radius 2 is 1.97 bits per heavy atom. The Balaban J connectivity index is 1.56. The molecule has 0 aliphatic carbocycles. The van der Waals surface area contributed by atoms with Crippen LogP contribution in [0.1, 0.15) is 48.9 Å². The number of likely N-dealkylation sites (tertiary alicyclic amines) is 1. The number of methoxy groups -OCH3 is 1. The highest BCUT2D eigenvalue weighted by Crippen LogP contribution is 2.35. The number of ether oxygens (including phenoxy) is 2. The van der Waals surface area contributed by atoms with E-state index < -0.39 is 0 Å². The number of nitrogens with zero attached hydrogens (tertiary/aromatic N) is 3. The molecule has 34 heavy (non-hydrogen) atoms. The molecule has 2 heterocycles. The third-order valence-corrected chi connectivity index (χ3v) is 6.60. The summed E-state index contributed by atoms with van der Waals surface area (Å²) in [5, 5.41) is 6.45. The van der Waals surface area contributed by atoms with Crippen molar-refractivity contribution in [3.8, 4) is 5.75 Å². The average Bonchev–Trinajstić information content (AvgIpc) is 3.30. The standard InChI is InChI=1S/C27H33N3O4/c1-4-34-27(32)21-11-8-14-29(17-21)18-26(31)30-25(23-13-6-5-9-19(23)2)16-24(28-30)20-10-7-12-22(15-20)33-3/h5-7,9-10,12-13,15,21,25H,4,8,11,14,16-18H2,1-3H3/t21-,25+/m1/s1. The molecule has 2 aliphatic heterocycles. The molecule has 0 N–H and O–H groups in total. The topological polar surface area (TPSA) is 71.4 Å². The van der Waals surface area contributed by atoms with Gasteiger partial charge in [0.15, 0.2) is 0 Å². The molecule has 180 valence electrons. The number of rotatable bonds is 7. The van der Waals surface area contributed by atoms with Crippen LogP contribution in [-0.2, 0) is 14.3 Å². The maximum Gasteiger partial charge on any atom is 0.310 e. The van der Waals surface area contributed by atoms with Crippen molar-refractivity contribution < 1.29 is 19.1 Å². The van der Waals surface area contributed by atoms with Gasteiger partial charge in [-0.15, -0.1) is 0 Å². The second-order valence-corrected chi connectivity index (χ2v) is 8.92. The first-order valence-electron chi connectivity index (χ1n) is 12.0. The van der Waals surface area contributed by atoms with E-state index in [-0.39, 0.29) is 30.4 Å². The summed E-state index contributed by atoms with van der Waals surface area (Å²) in [4.78, 5) is 27.8. The minimum Gasteiger partial charge on any atom is -0.497 e. The number of esters is 1. The number of hydrogen-bond acceptors (Lipinski definition) is 6. The van der Waals surface area contributed by atoms with E-state index in [1.54, 1.807) is 12.1 Å². The third kappa shape index (κ3) is 5.30. The molecule has 0 bridgehead atoms. The van der Waals surface area contributed by atoms with Gasteiger partial charge in [0, 0.05) is 18.5 Å². The smallest absolute Gasteiger partial charge is 0.310 e. The molecule has 1 amide bonds. The van der Waals surface area contributed by atoms with Gasteiger partial charge in [-0.05, 0) is 56.5 Å². The van der Waals surface area contributed by atoms with Gasteiger partial charge in [0.1, 0.15) is 5.75 Å². The summed E-state index contributed by atoms with van der Waals surface area (Å²) >= 11 is 0. The van der Waals surface area contributed by atoms with Gasteiger partial charge in [0.05, 0.1) is 37.9 Å². The lowest BCUT2D eigenvalue weighted by molar-refractivity contribution is -0.150. The van der Waals surface area contributed by atoms with Crippen LogP contribution < -0.4 is 4.74 Å². The Morgan fingerprint density at radius 3 is 2.74 bits per heavy atom. The molecule has 0 aromatic heterocycles. The van der Waals surface area contributed by atoms with E-state index in [0.29, 0.717) is 19.6 Å². The SMILES string of the molecule is CCOC(=O)[C@@H]1CCCN(CC(=O)N2N=C(c3cccc(OC)c3)C[C@H]2c2ccccc2C)C1. The fraction of sp³-hybridized carbons (Fsp3) is 0.444. The lowest BCUT2D eigenvalue weighted by Gasteiger charge is -2.32. The first-order chi connectivity index (χ1) is 16.5. The van der Waals surface area contributed by atoms with Crippen LogP contribution in [0.15, 0.2) is 53.6 Å². The van der Waals surface area contributed by atoms with E-state index in [1.807, 2.05) is 43.3 Å². The van der Waals surface area contributed by atoms with Gasteiger partial charge in [-0.25, -0.2) is 5.01 Å². The molecule has 7 nitrogen and oxygen atoms in total. The van der Waals surface area contributed by atoms with E-state index in [0.717, 1.165) is 47.5 Å². The molecule has 2 atom stereocenters. The average molecular weight is 464 g/mol. The van der Waals surface area contributed by atoms with Crippen molar-refractivity contribution in [3.05, 3.63) is 65.2 Å². The van der Waals surface area contributed by atoms with Gasteiger partial charge in [-0.1, -0.05) is 36.4 Å². The van der Waals surface area contributed by atoms with E-state index >= 15 is 0 Å². The number of benzene rings is 2. The summed E-state index contributed by atoms with van der Waals surface area (Å²) in [5.74, 6) is 0.353. The van der Waals surface area contributed by atoms with Crippen LogP contribution in [0.2, 0.25) is 0 Å². The molecule has 2 aromatic rings. The Kier molecular flexibility index (Phi) is 7.63. The fourth-order valence-corrected chi connectivity index (χ4v) is 4.84. The molecule has 1 fully saturated rings. The first kappa shape index (κ1) is 24.0. The highest BCUT2D eigenvalue weighted by atomic mass is 16.5. The summed E-state index contributed by atoms with van der Waals surface area (Å²) in [7, 11) is 1.64. The summed E-state index contributed by atoms with van der Waals surface area (Å²) in [5.41, 5.74) is 4.05. The van der Waals surface area contributed by atoms with E-state index in [1.165, 1.54) is 0 Å². The molecule has 0 radical (unpaired) electrons. The number of carbonyl (C=O) groups is 2. The highest BCUT2D eigenvalue weighted by molar-refractivity contribution is 6.03. The van der Waals surface area contributed by atoms with Crippen LogP contribution in [0.25, 0.3) is 0 Å². The number of amides is 1. The van der Waals surface area contributed by atoms with Crippen LogP contribution in [0, 0.1) is 12.8 Å². The quantitative estimate of drug-likeness (QED) is 0.582. The number of piperidine rings is 1. The second-order valence-electron chi connectivity index (χ2n) is 8.92. The second kappa shape index (κ2) is 10.8. The Hall–Kier alpha value is -3.19. The normalized spacial score (nSPS) is 20.7. The van der Waals surface area contributed by atoms with Crippen LogP contribution in [-0.4, -0.2) is 60.8 Å². The third-order valence-electron chi connectivity index (χ3n) is 6.60. The summed E-state index contributed by atoms with van der Waals surface area (Å²) in [6, 6.07) is 15.8. The maximum atomic E-state index is 13.5. The number of aryl methyl sites for hydroxylation is 1. The molecule has 1 saturated heterocycles. The lowest BCUT2D eigenvalue weighted by atomic mass is 9.95. The zero-order chi connectivity index (χ0) is 24.1.